The van der Waals surface area contributed by atoms with Crippen LogP contribution in [0.25, 0.3) is 0 Å². The minimum atomic E-state index is 0.250. The fraction of sp³-hybridized carbons (Fsp3) is 0. The minimum absolute atomic E-state index is 0.250. The van der Waals surface area contributed by atoms with Gasteiger partial charge in [-0.1, -0.05) is 66.2 Å². The van der Waals surface area contributed by atoms with E-state index in [4.69, 9.17) is 30.8 Å². The third kappa shape index (κ3) is 21.4. The van der Waals surface area contributed by atoms with Crippen molar-refractivity contribution in [3.8, 4) is 0 Å². The summed E-state index contributed by atoms with van der Waals surface area (Å²) in [5, 5.41) is 0.794. The van der Waals surface area contributed by atoms with E-state index in [1.807, 2.05) is 66.7 Å². The molecule has 0 N–H and O–H groups in total. The van der Waals surface area contributed by atoms with Gasteiger partial charge in [0.05, 0.1) is 0 Å². The summed E-state index contributed by atoms with van der Waals surface area (Å²) >= 11 is 5.54. The first-order valence-corrected chi connectivity index (χ1v) is 5.29. The summed E-state index contributed by atoms with van der Waals surface area (Å²) < 4.78 is 0. The molecule has 4 nitrogen and oxygen atoms in total. The number of benzene rings is 2. The lowest BCUT2D eigenvalue weighted by Gasteiger charge is -1.80. The molecule has 0 bridgehead atoms. The normalized spacial score (nSPS) is 6.58. The molecule has 5 heteroatoms. The molecule has 0 radical (unpaired) electrons. The highest BCUT2D eigenvalue weighted by Gasteiger charge is 1.74. The Morgan fingerprint density at radius 2 is 0.789 bits per heavy atom. The highest BCUT2D eigenvalue weighted by atomic mass is 35.5. The molecule has 0 heterocycles. The van der Waals surface area contributed by atoms with E-state index < -0.39 is 0 Å². The Labute approximate surface area is 115 Å². The van der Waals surface area contributed by atoms with Gasteiger partial charge in [-0.05, 0) is 12.1 Å². The van der Waals surface area contributed by atoms with Crippen molar-refractivity contribution in [2.45, 2.75) is 0 Å². The predicted octanol–water partition coefficient (Wildman–Crippen LogP) is 2.86. The van der Waals surface area contributed by atoms with Crippen molar-refractivity contribution < 1.29 is 19.2 Å². The average molecular weight is 279 g/mol. The molecule has 2 aromatic carbocycles. The van der Waals surface area contributed by atoms with E-state index in [-0.39, 0.29) is 12.3 Å². The monoisotopic (exact) mass is 278 g/mol. The number of hydrogen-bond acceptors (Lipinski definition) is 4. The van der Waals surface area contributed by atoms with Crippen molar-refractivity contribution in [2.75, 3.05) is 0 Å². The number of rotatable bonds is 0. The van der Waals surface area contributed by atoms with Gasteiger partial charge < -0.3 is 0 Å². The van der Waals surface area contributed by atoms with E-state index in [9.17, 15) is 0 Å². The van der Waals surface area contributed by atoms with Crippen LogP contribution in [0.4, 0.5) is 0 Å². The van der Waals surface area contributed by atoms with Crippen LogP contribution in [0.15, 0.2) is 66.7 Å². The van der Waals surface area contributed by atoms with Crippen molar-refractivity contribution in [1.29, 1.82) is 0 Å². The molecule has 2 aromatic rings. The maximum Gasteiger partial charge on any atom is 0.373 e. The topological polar surface area (TPSA) is 68.3 Å². The van der Waals surface area contributed by atoms with E-state index in [0.717, 1.165) is 5.02 Å². The molecule has 0 saturated heterocycles. The van der Waals surface area contributed by atoms with Crippen molar-refractivity contribution in [3.05, 3.63) is 71.8 Å². The van der Waals surface area contributed by atoms with Gasteiger partial charge in [0.15, 0.2) is 0 Å². The fourth-order valence-corrected chi connectivity index (χ4v) is 0.945. The van der Waals surface area contributed by atoms with E-state index >= 15 is 0 Å². The highest BCUT2D eigenvalue weighted by molar-refractivity contribution is 6.30. The smallest absolute Gasteiger partial charge is 0.186 e. The zero-order valence-electron chi connectivity index (χ0n) is 9.86. The van der Waals surface area contributed by atoms with Gasteiger partial charge in [0.2, 0.25) is 0 Å². The van der Waals surface area contributed by atoms with Gasteiger partial charge in [0, 0.05) is 5.02 Å². The van der Waals surface area contributed by atoms with E-state index in [1.54, 1.807) is 0 Å². The third-order valence-corrected chi connectivity index (χ3v) is 1.65. The van der Waals surface area contributed by atoms with Crippen LogP contribution in [-0.2, 0) is 19.2 Å². The van der Waals surface area contributed by atoms with Gasteiger partial charge in [0.1, 0.15) is 0 Å². The van der Waals surface area contributed by atoms with Crippen LogP contribution in [-0.4, -0.2) is 12.3 Å². The van der Waals surface area contributed by atoms with Crippen molar-refractivity contribution in [2.24, 2.45) is 0 Å². The summed E-state index contributed by atoms with van der Waals surface area (Å²) in [5.41, 5.74) is 0. The summed E-state index contributed by atoms with van der Waals surface area (Å²) in [6.45, 7) is 0. The van der Waals surface area contributed by atoms with E-state index in [2.05, 4.69) is 0 Å². The molecule has 0 spiro atoms. The highest BCUT2D eigenvalue weighted by Crippen LogP contribution is 2.03. The number of halogens is 1. The zero-order chi connectivity index (χ0) is 14.8. The Balaban J connectivity index is 0. The molecular weight excluding hydrogens is 268 g/mol. The van der Waals surface area contributed by atoms with E-state index in [0.29, 0.717) is 0 Å². The van der Waals surface area contributed by atoms with Gasteiger partial charge in [-0.2, -0.15) is 19.2 Å². The molecule has 0 amide bonds. The van der Waals surface area contributed by atoms with E-state index in [1.165, 1.54) is 0 Å². The lowest BCUT2D eigenvalue weighted by atomic mass is 10.4. The summed E-state index contributed by atoms with van der Waals surface area (Å²) in [4.78, 5) is 32.5. The summed E-state index contributed by atoms with van der Waals surface area (Å²) in [6, 6.07) is 21.4. The van der Waals surface area contributed by atoms with Crippen LogP contribution in [0.5, 0.6) is 0 Å². The summed E-state index contributed by atoms with van der Waals surface area (Å²) in [5.74, 6) is 0. The van der Waals surface area contributed by atoms with Gasteiger partial charge in [0.25, 0.3) is 0 Å². The minimum Gasteiger partial charge on any atom is -0.186 e. The maximum absolute atomic E-state index is 8.12. The van der Waals surface area contributed by atoms with Crippen LogP contribution in [0.2, 0.25) is 5.02 Å². The molecule has 2 rings (SSSR count). The largest absolute Gasteiger partial charge is 0.373 e. The molecular formula is C14H11ClO4. The van der Waals surface area contributed by atoms with Crippen LogP contribution in [0.3, 0.4) is 0 Å². The first-order chi connectivity index (χ1) is 9.22. The van der Waals surface area contributed by atoms with Crippen LogP contribution >= 0.6 is 11.6 Å². The van der Waals surface area contributed by atoms with Crippen molar-refractivity contribution in [3.63, 3.8) is 0 Å². The molecule has 0 unspecified atom stereocenters. The molecule has 0 aromatic heterocycles. The second kappa shape index (κ2) is 17.9. The average Bonchev–Trinajstić information content (AvgIpc) is 2.44. The molecule has 0 aliphatic heterocycles. The third-order valence-electron chi connectivity index (χ3n) is 1.40. The summed E-state index contributed by atoms with van der Waals surface area (Å²) in [6.07, 6.45) is 0.500. The molecule has 0 atom stereocenters. The Kier molecular flexibility index (Phi) is 17.7. The SMILES string of the molecule is Clc1ccccc1.O=C=O.O=C=O.c1ccccc1. The number of hydrogen-bond donors (Lipinski definition) is 0. The van der Waals surface area contributed by atoms with Crippen molar-refractivity contribution >= 4 is 23.9 Å². The second-order valence-corrected chi connectivity index (χ2v) is 3.05. The quantitative estimate of drug-likeness (QED) is 0.743. The standard InChI is InChI=1S/C6H5Cl.C6H6.2CO2/c7-6-4-2-1-3-5-6;1-2-4-6-5-3-1;2*2-1-3/h1-5H;1-6H;;. The zero-order valence-corrected chi connectivity index (χ0v) is 10.6. The Hall–Kier alpha value is -2.51. The molecule has 0 aliphatic rings. The summed E-state index contributed by atoms with van der Waals surface area (Å²) in [7, 11) is 0. The van der Waals surface area contributed by atoms with Crippen LogP contribution in [0, 0.1) is 0 Å². The molecule has 0 fully saturated rings. The Bertz CT molecular complexity index is 421. The molecule has 19 heavy (non-hydrogen) atoms. The first kappa shape index (κ1) is 18.8. The van der Waals surface area contributed by atoms with Gasteiger partial charge in [-0.15, -0.1) is 0 Å². The van der Waals surface area contributed by atoms with Crippen molar-refractivity contribution in [1.82, 2.24) is 0 Å². The van der Waals surface area contributed by atoms with Gasteiger partial charge >= 0.3 is 12.3 Å². The van der Waals surface area contributed by atoms with Gasteiger partial charge in [-0.25, -0.2) is 0 Å². The Morgan fingerprint density at radius 3 is 0.947 bits per heavy atom. The molecule has 98 valence electrons. The molecule has 0 saturated carbocycles. The van der Waals surface area contributed by atoms with Gasteiger partial charge in [-0.3, -0.25) is 0 Å². The Morgan fingerprint density at radius 1 is 0.579 bits per heavy atom. The second-order valence-electron chi connectivity index (χ2n) is 2.62. The van der Waals surface area contributed by atoms with Crippen LogP contribution in [0.1, 0.15) is 0 Å². The lowest BCUT2D eigenvalue weighted by molar-refractivity contribution is -0.193. The van der Waals surface area contributed by atoms with Crippen LogP contribution < -0.4 is 0 Å². The number of carbonyl (C=O) groups excluding carboxylic acids is 4. The first-order valence-electron chi connectivity index (χ1n) is 4.92. The lowest BCUT2D eigenvalue weighted by Crippen LogP contribution is -1.55. The molecule has 0 aliphatic carbocycles. The maximum atomic E-state index is 8.12. The fourth-order valence-electron chi connectivity index (χ4n) is 0.800. The predicted molar refractivity (Wildman–Crippen MR) is 67.9 cm³/mol.